The van der Waals surface area contributed by atoms with Gasteiger partial charge in [-0.05, 0) is 30.5 Å². The fourth-order valence-corrected chi connectivity index (χ4v) is 3.45. The molecule has 0 radical (unpaired) electrons. The van der Waals surface area contributed by atoms with Crippen LogP contribution in [0.3, 0.4) is 0 Å². The molecule has 0 spiro atoms. The summed E-state index contributed by atoms with van der Waals surface area (Å²) in [6, 6.07) is 7.35. The molecule has 1 saturated carbocycles. The van der Waals surface area contributed by atoms with Crippen LogP contribution in [0.1, 0.15) is 56.9 Å². The van der Waals surface area contributed by atoms with Crippen LogP contribution in [0.15, 0.2) is 24.3 Å². The zero-order valence-electron chi connectivity index (χ0n) is 14.4. The monoisotopic (exact) mass is 343 g/mol. The molecule has 2 fully saturated rings. The summed E-state index contributed by atoms with van der Waals surface area (Å²) in [5.41, 5.74) is 1.58. The third kappa shape index (κ3) is 4.81. The molecule has 1 aliphatic carbocycles. The number of nitrogens with one attached hydrogen (secondary N) is 2. The second-order valence-electron chi connectivity index (χ2n) is 6.86. The van der Waals surface area contributed by atoms with E-state index in [1.54, 1.807) is 12.1 Å². The summed E-state index contributed by atoms with van der Waals surface area (Å²) in [6.45, 7) is 0.298. The Labute approximate surface area is 148 Å². The topological polar surface area (TPSA) is 78.5 Å². The van der Waals surface area contributed by atoms with Crippen LogP contribution in [0.5, 0.6) is 0 Å². The normalized spacial score (nSPS) is 19.0. The van der Waals surface area contributed by atoms with Crippen molar-refractivity contribution < 1.29 is 14.4 Å². The number of likely N-dealkylation sites (tertiary alicyclic amines) is 1. The fourth-order valence-electron chi connectivity index (χ4n) is 3.45. The summed E-state index contributed by atoms with van der Waals surface area (Å²) in [7, 11) is 0. The second kappa shape index (κ2) is 8.14. The molecule has 25 heavy (non-hydrogen) atoms. The molecule has 2 aliphatic rings. The first kappa shape index (κ1) is 17.5. The van der Waals surface area contributed by atoms with Gasteiger partial charge in [-0.1, -0.05) is 37.8 Å². The molecule has 0 bridgehead atoms. The van der Waals surface area contributed by atoms with Crippen molar-refractivity contribution in [3.63, 3.8) is 0 Å². The highest BCUT2D eigenvalue weighted by molar-refractivity contribution is 6.01. The predicted molar refractivity (Wildman–Crippen MR) is 94.9 cm³/mol. The van der Waals surface area contributed by atoms with Gasteiger partial charge in [0.2, 0.25) is 11.8 Å². The molecule has 0 unspecified atom stereocenters. The van der Waals surface area contributed by atoms with Crippen LogP contribution >= 0.6 is 0 Å². The number of hydrogen-bond acceptors (Lipinski definition) is 3. The number of hydrogen-bond donors (Lipinski definition) is 2. The van der Waals surface area contributed by atoms with Gasteiger partial charge in [0.05, 0.1) is 6.54 Å². The molecule has 1 aromatic carbocycles. The first-order valence-electron chi connectivity index (χ1n) is 9.11. The Kier molecular flexibility index (Phi) is 5.68. The summed E-state index contributed by atoms with van der Waals surface area (Å²) in [4.78, 5) is 36.7. The summed E-state index contributed by atoms with van der Waals surface area (Å²) in [5, 5.41) is 5.90. The van der Waals surface area contributed by atoms with Gasteiger partial charge in [-0.15, -0.1) is 0 Å². The zero-order valence-corrected chi connectivity index (χ0v) is 14.4. The van der Waals surface area contributed by atoms with E-state index in [0.717, 1.165) is 18.4 Å². The molecule has 6 heteroatoms. The smallest absolute Gasteiger partial charge is 0.319 e. The van der Waals surface area contributed by atoms with Crippen molar-refractivity contribution in [3.8, 4) is 0 Å². The van der Waals surface area contributed by atoms with Gasteiger partial charge in [0.1, 0.15) is 0 Å². The third-order valence-corrected chi connectivity index (χ3v) is 4.90. The standard InChI is InChI=1S/C19H25N3O3/c23-17-11-12-18(24)22(17)13-14-7-9-16(10-8-14)21-19(25)20-15-5-3-1-2-4-6-15/h7-10,15H,1-6,11-13H2,(H2,20,21,25). The molecule has 0 atom stereocenters. The molecule has 1 aliphatic heterocycles. The number of carbonyl (C=O) groups is 3. The minimum atomic E-state index is -0.176. The molecular weight excluding hydrogens is 318 g/mol. The Balaban J connectivity index is 1.50. The molecule has 2 N–H and O–H groups in total. The van der Waals surface area contributed by atoms with E-state index >= 15 is 0 Å². The van der Waals surface area contributed by atoms with Crippen molar-refractivity contribution >= 4 is 23.5 Å². The predicted octanol–water partition coefficient (Wildman–Crippen LogP) is 3.18. The quantitative estimate of drug-likeness (QED) is 0.651. The van der Waals surface area contributed by atoms with Crippen molar-refractivity contribution in [3.05, 3.63) is 29.8 Å². The maximum Gasteiger partial charge on any atom is 0.319 e. The summed E-state index contributed by atoms with van der Waals surface area (Å²) >= 11 is 0. The first-order chi connectivity index (χ1) is 12.1. The van der Waals surface area contributed by atoms with Gasteiger partial charge in [-0.2, -0.15) is 0 Å². The number of benzene rings is 1. The molecule has 4 amide bonds. The number of anilines is 1. The van der Waals surface area contributed by atoms with Crippen LogP contribution in [0.25, 0.3) is 0 Å². The Morgan fingerprint density at radius 3 is 2.16 bits per heavy atom. The van der Waals surface area contributed by atoms with Crippen molar-refractivity contribution in [1.29, 1.82) is 0 Å². The van der Waals surface area contributed by atoms with Gasteiger partial charge in [0.15, 0.2) is 0 Å². The van der Waals surface area contributed by atoms with E-state index in [1.165, 1.54) is 30.6 Å². The van der Waals surface area contributed by atoms with Crippen molar-refractivity contribution in [2.45, 2.75) is 64.0 Å². The maximum absolute atomic E-state index is 12.1. The summed E-state index contributed by atoms with van der Waals surface area (Å²) < 4.78 is 0. The summed E-state index contributed by atoms with van der Waals surface area (Å²) in [5.74, 6) is -0.232. The highest BCUT2D eigenvalue weighted by Gasteiger charge is 2.28. The Hall–Kier alpha value is -2.37. The average molecular weight is 343 g/mol. The lowest BCUT2D eigenvalue weighted by molar-refractivity contribution is -0.139. The fraction of sp³-hybridized carbons (Fsp3) is 0.526. The van der Waals surface area contributed by atoms with Crippen LogP contribution in [0.4, 0.5) is 10.5 Å². The Morgan fingerprint density at radius 1 is 0.960 bits per heavy atom. The molecule has 1 aromatic rings. The Morgan fingerprint density at radius 2 is 1.56 bits per heavy atom. The molecule has 3 rings (SSSR count). The molecule has 6 nitrogen and oxygen atoms in total. The number of amides is 4. The van der Waals surface area contributed by atoms with Crippen molar-refractivity contribution in [2.24, 2.45) is 0 Å². The van der Waals surface area contributed by atoms with Crippen molar-refractivity contribution in [1.82, 2.24) is 10.2 Å². The zero-order chi connectivity index (χ0) is 17.6. The SMILES string of the molecule is O=C(Nc1ccc(CN2C(=O)CCC2=O)cc1)NC1CCCCCC1. The lowest BCUT2D eigenvalue weighted by Gasteiger charge is -2.17. The van der Waals surface area contributed by atoms with Crippen LogP contribution < -0.4 is 10.6 Å². The van der Waals surface area contributed by atoms with Crippen molar-refractivity contribution in [2.75, 3.05) is 5.32 Å². The van der Waals surface area contributed by atoms with E-state index in [9.17, 15) is 14.4 Å². The lowest BCUT2D eigenvalue weighted by Crippen LogP contribution is -2.37. The minimum Gasteiger partial charge on any atom is -0.335 e. The molecular formula is C19H25N3O3. The van der Waals surface area contributed by atoms with E-state index in [0.29, 0.717) is 25.1 Å². The van der Waals surface area contributed by atoms with E-state index in [1.807, 2.05) is 12.1 Å². The van der Waals surface area contributed by atoms with E-state index in [-0.39, 0.29) is 23.9 Å². The number of carbonyl (C=O) groups excluding carboxylic acids is 3. The van der Waals surface area contributed by atoms with Crippen LogP contribution in [-0.2, 0) is 16.1 Å². The number of urea groups is 1. The van der Waals surface area contributed by atoms with E-state index in [4.69, 9.17) is 0 Å². The first-order valence-corrected chi connectivity index (χ1v) is 9.11. The number of rotatable bonds is 4. The van der Waals surface area contributed by atoms with E-state index < -0.39 is 0 Å². The highest BCUT2D eigenvalue weighted by Crippen LogP contribution is 2.19. The number of imide groups is 1. The van der Waals surface area contributed by atoms with Crippen LogP contribution in [0, 0.1) is 0 Å². The average Bonchev–Trinajstić information content (AvgIpc) is 2.80. The minimum absolute atomic E-state index is 0.116. The number of nitrogens with zero attached hydrogens (tertiary/aromatic N) is 1. The van der Waals surface area contributed by atoms with Gasteiger partial charge in [-0.25, -0.2) is 4.79 Å². The molecule has 1 heterocycles. The van der Waals surface area contributed by atoms with Crippen LogP contribution in [0.2, 0.25) is 0 Å². The highest BCUT2D eigenvalue weighted by atomic mass is 16.2. The lowest BCUT2D eigenvalue weighted by atomic mass is 10.1. The largest absolute Gasteiger partial charge is 0.335 e. The van der Waals surface area contributed by atoms with Gasteiger partial charge < -0.3 is 10.6 Å². The van der Waals surface area contributed by atoms with Crippen LogP contribution in [-0.4, -0.2) is 28.8 Å². The molecule has 1 saturated heterocycles. The molecule has 134 valence electrons. The van der Waals surface area contributed by atoms with Gasteiger partial charge in [0.25, 0.3) is 0 Å². The Bertz CT molecular complexity index is 618. The van der Waals surface area contributed by atoms with Gasteiger partial charge in [-0.3, -0.25) is 14.5 Å². The summed E-state index contributed by atoms with van der Waals surface area (Å²) in [6.07, 6.45) is 7.56. The maximum atomic E-state index is 12.1. The van der Waals surface area contributed by atoms with Gasteiger partial charge >= 0.3 is 6.03 Å². The van der Waals surface area contributed by atoms with E-state index in [2.05, 4.69) is 10.6 Å². The molecule has 0 aromatic heterocycles. The second-order valence-corrected chi connectivity index (χ2v) is 6.86. The van der Waals surface area contributed by atoms with Gasteiger partial charge in [0, 0.05) is 24.6 Å². The third-order valence-electron chi connectivity index (χ3n) is 4.90.